The van der Waals surface area contributed by atoms with E-state index in [4.69, 9.17) is 11.6 Å². The highest BCUT2D eigenvalue weighted by Crippen LogP contribution is 2.23. The fourth-order valence-corrected chi connectivity index (χ4v) is 2.00. The van der Waals surface area contributed by atoms with Crippen molar-refractivity contribution in [2.24, 2.45) is 0 Å². The van der Waals surface area contributed by atoms with Crippen LogP contribution in [-0.2, 0) is 4.79 Å². The van der Waals surface area contributed by atoms with Crippen molar-refractivity contribution in [2.75, 3.05) is 5.32 Å². The van der Waals surface area contributed by atoms with E-state index in [0.29, 0.717) is 0 Å². The first kappa shape index (κ1) is 12.1. The second-order valence-corrected chi connectivity index (χ2v) is 5.07. The van der Waals surface area contributed by atoms with Crippen molar-refractivity contribution in [3.05, 3.63) is 35.8 Å². The van der Waals surface area contributed by atoms with Crippen LogP contribution in [0.3, 0.4) is 0 Å². The minimum atomic E-state index is -0.534. The highest BCUT2D eigenvalue weighted by molar-refractivity contribution is 7.13. The smallest absolute Gasteiger partial charge is 0.242 e. The van der Waals surface area contributed by atoms with E-state index in [-0.39, 0.29) is 5.91 Å². The molecule has 1 amide bonds. The van der Waals surface area contributed by atoms with Gasteiger partial charge in [-0.1, -0.05) is 0 Å². The topological polar surface area (TPSA) is 42.0 Å². The van der Waals surface area contributed by atoms with Crippen LogP contribution in [0.2, 0.25) is 0 Å². The third-order valence-electron chi connectivity index (χ3n) is 2.19. The molecule has 1 heterocycles. The molecule has 1 atom stereocenters. The van der Waals surface area contributed by atoms with Crippen LogP contribution in [0.4, 0.5) is 5.69 Å². The maximum atomic E-state index is 11.4. The maximum Gasteiger partial charge on any atom is 0.242 e. The Morgan fingerprint density at radius 3 is 2.65 bits per heavy atom. The number of amides is 1. The number of nitrogens with zero attached hydrogens (tertiary/aromatic N) is 1. The molecular weight excluding hydrogens is 256 g/mol. The molecule has 88 valence electrons. The Hall–Kier alpha value is -1.39. The number of nitrogens with one attached hydrogen (secondary N) is 1. The van der Waals surface area contributed by atoms with Crippen LogP contribution in [0.1, 0.15) is 6.92 Å². The Morgan fingerprint density at radius 1 is 1.41 bits per heavy atom. The number of halogens is 1. The van der Waals surface area contributed by atoms with Crippen molar-refractivity contribution >= 4 is 34.5 Å². The Labute approximate surface area is 108 Å². The molecule has 1 unspecified atom stereocenters. The summed E-state index contributed by atoms with van der Waals surface area (Å²) in [6.07, 6.45) is 1.77. The molecule has 0 fully saturated rings. The molecule has 0 bridgehead atoms. The van der Waals surface area contributed by atoms with Gasteiger partial charge in [-0.15, -0.1) is 22.9 Å². The fraction of sp³-hybridized carbons (Fsp3) is 0.167. The largest absolute Gasteiger partial charge is 0.325 e. The zero-order chi connectivity index (χ0) is 12.3. The molecule has 0 radical (unpaired) electrons. The number of carbonyl (C=O) groups excluding carboxylic acids is 1. The summed E-state index contributed by atoms with van der Waals surface area (Å²) in [5.74, 6) is -0.200. The Balaban J connectivity index is 2.11. The van der Waals surface area contributed by atoms with Crippen LogP contribution in [0, 0.1) is 0 Å². The molecule has 0 aliphatic rings. The van der Waals surface area contributed by atoms with Gasteiger partial charge >= 0.3 is 0 Å². The van der Waals surface area contributed by atoms with Crippen molar-refractivity contribution in [3.63, 3.8) is 0 Å². The average Bonchev–Trinajstić information content (AvgIpc) is 2.83. The number of hydrogen-bond acceptors (Lipinski definition) is 3. The third-order valence-corrected chi connectivity index (χ3v) is 3.21. The number of anilines is 1. The first-order valence-electron chi connectivity index (χ1n) is 5.11. The average molecular weight is 267 g/mol. The first-order chi connectivity index (χ1) is 8.16. The van der Waals surface area contributed by atoms with Gasteiger partial charge in [0.05, 0.1) is 0 Å². The summed E-state index contributed by atoms with van der Waals surface area (Å²) >= 11 is 7.25. The second-order valence-electron chi connectivity index (χ2n) is 3.52. The lowest BCUT2D eigenvalue weighted by Crippen LogP contribution is -2.20. The van der Waals surface area contributed by atoms with Crippen LogP contribution < -0.4 is 5.32 Å². The van der Waals surface area contributed by atoms with Crippen LogP contribution >= 0.6 is 22.9 Å². The SMILES string of the molecule is CC(Cl)C(=O)Nc1ccc(-c2nccs2)cc1. The number of hydrogen-bond donors (Lipinski definition) is 1. The first-order valence-corrected chi connectivity index (χ1v) is 6.43. The number of alkyl halides is 1. The number of thiazole rings is 1. The molecule has 3 nitrogen and oxygen atoms in total. The van der Waals surface area contributed by atoms with E-state index >= 15 is 0 Å². The highest BCUT2D eigenvalue weighted by Gasteiger charge is 2.09. The Bertz CT molecular complexity index is 494. The van der Waals surface area contributed by atoms with Crippen molar-refractivity contribution in [3.8, 4) is 10.6 Å². The summed E-state index contributed by atoms with van der Waals surface area (Å²) in [6.45, 7) is 1.64. The van der Waals surface area contributed by atoms with Gasteiger partial charge < -0.3 is 5.32 Å². The van der Waals surface area contributed by atoms with Gasteiger partial charge in [-0.25, -0.2) is 4.98 Å². The molecule has 0 aliphatic heterocycles. The lowest BCUT2D eigenvalue weighted by molar-refractivity contribution is -0.115. The maximum absolute atomic E-state index is 11.4. The van der Waals surface area contributed by atoms with Crippen molar-refractivity contribution < 1.29 is 4.79 Å². The molecule has 0 saturated heterocycles. The van der Waals surface area contributed by atoms with Gasteiger partial charge in [0, 0.05) is 22.8 Å². The molecule has 0 saturated carbocycles. The number of carbonyl (C=O) groups is 1. The Kier molecular flexibility index (Phi) is 3.76. The van der Waals surface area contributed by atoms with E-state index < -0.39 is 5.38 Å². The van der Waals surface area contributed by atoms with E-state index in [1.807, 2.05) is 29.6 Å². The minimum absolute atomic E-state index is 0.200. The lowest BCUT2D eigenvalue weighted by atomic mass is 10.2. The molecule has 17 heavy (non-hydrogen) atoms. The normalized spacial score (nSPS) is 12.1. The number of rotatable bonds is 3. The summed E-state index contributed by atoms with van der Waals surface area (Å²) in [7, 11) is 0. The van der Waals surface area contributed by atoms with Crippen LogP contribution in [0.25, 0.3) is 10.6 Å². The quantitative estimate of drug-likeness (QED) is 0.866. The van der Waals surface area contributed by atoms with Crippen molar-refractivity contribution in [1.29, 1.82) is 0 Å². The fourth-order valence-electron chi connectivity index (χ4n) is 1.30. The Morgan fingerprint density at radius 2 is 2.12 bits per heavy atom. The standard InChI is InChI=1S/C12H11ClN2OS/c1-8(13)11(16)15-10-4-2-9(3-5-10)12-14-6-7-17-12/h2-8H,1H3,(H,15,16). The molecule has 1 aromatic carbocycles. The summed E-state index contributed by atoms with van der Waals surface area (Å²) in [6, 6.07) is 7.53. The number of benzene rings is 1. The number of aromatic nitrogens is 1. The molecule has 0 aliphatic carbocycles. The van der Waals surface area contributed by atoms with Gasteiger partial charge in [0.1, 0.15) is 10.4 Å². The van der Waals surface area contributed by atoms with Crippen molar-refractivity contribution in [2.45, 2.75) is 12.3 Å². The monoisotopic (exact) mass is 266 g/mol. The van der Waals surface area contributed by atoms with Gasteiger partial charge in [-0.3, -0.25) is 4.79 Å². The summed E-state index contributed by atoms with van der Waals surface area (Å²) in [5.41, 5.74) is 1.78. The predicted molar refractivity (Wildman–Crippen MR) is 71.5 cm³/mol. The highest BCUT2D eigenvalue weighted by atomic mass is 35.5. The van der Waals surface area contributed by atoms with Gasteiger partial charge in [-0.2, -0.15) is 0 Å². The summed E-state index contributed by atoms with van der Waals surface area (Å²) in [5, 5.41) is 5.09. The lowest BCUT2D eigenvalue weighted by Gasteiger charge is -2.06. The summed E-state index contributed by atoms with van der Waals surface area (Å²) in [4.78, 5) is 15.6. The molecule has 2 aromatic rings. The van der Waals surface area contributed by atoms with Crippen molar-refractivity contribution in [1.82, 2.24) is 4.98 Å². The van der Waals surface area contributed by atoms with Gasteiger partial charge in [0.25, 0.3) is 0 Å². The second kappa shape index (κ2) is 5.29. The zero-order valence-electron chi connectivity index (χ0n) is 9.18. The van der Waals surface area contributed by atoms with E-state index in [2.05, 4.69) is 10.3 Å². The summed E-state index contributed by atoms with van der Waals surface area (Å²) < 4.78 is 0. The van der Waals surface area contributed by atoms with Crippen LogP contribution in [0.15, 0.2) is 35.8 Å². The van der Waals surface area contributed by atoms with Gasteiger partial charge in [0.15, 0.2) is 0 Å². The third kappa shape index (κ3) is 3.05. The predicted octanol–water partition coefficient (Wildman–Crippen LogP) is 3.38. The molecular formula is C12H11ClN2OS. The molecule has 0 spiro atoms. The van der Waals surface area contributed by atoms with Crippen LogP contribution in [0.5, 0.6) is 0 Å². The zero-order valence-corrected chi connectivity index (χ0v) is 10.8. The molecule has 5 heteroatoms. The van der Waals surface area contributed by atoms with Gasteiger partial charge in [0.2, 0.25) is 5.91 Å². The minimum Gasteiger partial charge on any atom is -0.325 e. The molecule has 1 N–H and O–H groups in total. The van der Waals surface area contributed by atoms with E-state index in [9.17, 15) is 4.79 Å². The molecule has 2 rings (SSSR count). The van der Waals surface area contributed by atoms with Crippen LogP contribution in [-0.4, -0.2) is 16.3 Å². The van der Waals surface area contributed by atoms with E-state index in [0.717, 1.165) is 16.3 Å². The van der Waals surface area contributed by atoms with E-state index in [1.165, 1.54) is 0 Å². The molecule has 1 aromatic heterocycles. The van der Waals surface area contributed by atoms with E-state index in [1.54, 1.807) is 24.5 Å². The van der Waals surface area contributed by atoms with Gasteiger partial charge in [-0.05, 0) is 31.2 Å².